The Morgan fingerprint density at radius 3 is 2.62 bits per heavy atom. The molecule has 0 aromatic heterocycles. The van der Waals surface area contributed by atoms with Crippen molar-refractivity contribution in [3.63, 3.8) is 0 Å². The summed E-state index contributed by atoms with van der Waals surface area (Å²) >= 11 is 5.87. The van der Waals surface area contributed by atoms with Gasteiger partial charge in [-0.2, -0.15) is 0 Å². The number of halogens is 1. The maximum Gasteiger partial charge on any atom is 0.121 e. The number of aryl methyl sites for hydroxylation is 1. The summed E-state index contributed by atoms with van der Waals surface area (Å²) in [5.41, 5.74) is 2.62. The monoisotopic (exact) mass is 240 g/mol. The van der Waals surface area contributed by atoms with Crippen LogP contribution in [0.1, 0.15) is 17.5 Å². The highest BCUT2D eigenvalue weighted by Gasteiger charge is 2.39. The number of hydrogen-bond acceptors (Lipinski definition) is 2. The van der Waals surface area contributed by atoms with Gasteiger partial charge >= 0.3 is 0 Å². The van der Waals surface area contributed by atoms with Crippen LogP contribution < -0.4 is 4.74 Å². The van der Waals surface area contributed by atoms with E-state index >= 15 is 0 Å². The maximum atomic E-state index is 5.87. The molecule has 1 aromatic rings. The second kappa shape index (κ2) is 4.64. The molecule has 2 rings (SSSR count). The van der Waals surface area contributed by atoms with E-state index in [1.807, 2.05) is 6.07 Å². The third-order valence-electron chi connectivity index (χ3n) is 3.34. The summed E-state index contributed by atoms with van der Waals surface area (Å²) in [4.78, 5) is 0. The molecule has 0 saturated carbocycles. The minimum absolute atomic E-state index is 0.138. The van der Waals surface area contributed by atoms with E-state index in [-0.39, 0.29) is 5.41 Å². The van der Waals surface area contributed by atoms with Gasteiger partial charge in [0.25, 0.3) is 0 Å². The zero-order valence-electron chi connectivity index (χ0n) is 9.75. The Morgan fingerprint density at radius 1 is 1.44 bits per heavy atom. The van der Waals surface area contributed by atoms with Gasteiger partial charge in [0, 0.05) is 11.3 Å². The fourth-order valence-corrected chi connectivity index (χ4v) is 2.55. The van der Waals surface area contributed by atoms with Gasteiger partial charge < -0.3 is 9.47 Å². The molecule has 3 heteroatoms. The summed E-state index contributed by atoms with van der Waals surface area (Å²) in [6, 6.07) is 6.34. The molecule has 1 fully saturated rings. The third kappa shape index (κ3) is 1.92. The van der Waals surface area contributed by atoms with Crippen molar-refractivity contribution < 1.29 is 9.47 Å². The van der Waals surface area contributed by atoms with Gasteiger partial charge in [0.05, 0.1) is 20.3 Å². The molecule has 16 heavy (non-hydrogen) atoms. The first-order valence-electron chi connectivity index (χ1n) is 5.51. The largest absolute Gasteiger partial charge is 0.496 e. The van der Waals surface area contributed by atoms with E-state index in [1.165, 1.54) is 11.1 Å². The molecule has 88 valence electrons. The van der Waals surface area contributed by atoms with Crippen LogP contribution in [0.25, 0.3) is 0 Å². The van der Waals surface area contributed by atoms with Gasteiger partial charge in [-0.05, 0) is 30.5 Å². The van der Waals surface area contributed by atoms with Gasteiger partial charge in [0.2, 0.25) is 0 Å². The summed E-state index contributed by atoms with van der Waals surface area (Å²) in [5.74, 6) is 1.61. The van der Waals surface area contributed by atoms with E-state index in [0.29, 0.717) is 5.88 Å². The average Bonchev–Trinajstić information content (AvgIpc) is 2.23. The molecule has 1 aliphatic heterocycles. The van der Waals surface area contributed by atoms with Crippen LogP contribution in [-0.4, -0.2) is 26.2 Å². The van der Waals surface area contributed by atoms with Crippen LogP contribution in [-0.2, 0) is 10.2 Å². The van der Waals surface area contributed by atoms with Crippen molar-refractivity contribution in [2.24, 2.45) is 0 Å². The molecule has 0 aliphatic carbocycles. The molecular formula is C13H17ClO2. The van der Waals surface area contributed by atoms with Crippen molar-refractivity contribution in [1.29, 1.82) is 0 Å². The number of benzene rings is 1. The number of ether oxygens (including phenoxy) is 2. The van der Waals surface area contributed by atoms with Crippen molar-refractivity contribution >= 4 is 11.6 Å². The van der Waals surface area contributed by atoms with Crippen LogP contribution in [0.5, 0.6) is 5.75 Å². The maximum absolute atomic E-state index is 5.87. The number of rotatable bonds is 4. The minimum atomic E-state index is 0.138. The van der Waals surface area contributed by atoms with E-state index in [4.69, 9.17) is 21.1 Å². The van der Waals surface area contributed by atoms with Gasteiger partial charge in [0.15, 0.2) is 0 Å². The zero-order valence-corrected chi connectivity index (χ0v) is 10.5. The number of methoxy groups -OCH3 is 1. The molecule has 0 bridgehead atoms. The first kappa shape index (κ1) is 11.7. The molecule has 1 saturated heterocycles. The molecule has 0 N–H and O–H groups in total. The Bertz CT molecular complexity index is 372. The predicted octanol–water partition coefficient (Wildman–Crippen LogP) is 2.90. The number of alkyl halides is 1. The van der Waals surface area contributed by atoms with Crippen molar-refractivity contribution in [3.8, 4) is 5.75 Å². The summed E-state index contributed by atoms with van der Waals surface area (Å²) in [6.07, 6.45) is 0.973. The Morgan fingerprint density at radius 2 is 2.19 bits per heavy atom. The lowest BCUT2D eigenvalue weighted by atomic mass is 9.76. The number of hydrogen-bond donors (Lipinski definition) is 0. The third-order valence-corrected chi connectivity index (χ3v) is 3.53. The van der Waals surface area contributed by atoms with Crippen molar-refractivity contribution in [2.45, 2.75) is 18.8 Å². The molecule has 0 unspecified atom stereocenters. The quantitative estimate of drug-likeness (QED) is 0.754. The van der Waals surface area contributed by atoms with Crippen LogP contribution in [0, 0.1) is 6.92 Å². The molecule has 0 amide bonds. The van der Waals surface area contributed by atoms with E-state index in [0.717, 1.165) is 25.4 Å². The predicted molar refractivity (Wildman–Crippen MR) is 65.6 cm³/mol. The normalized spacial score (nSPS) is 17.9. The van der Waals surface area contributed by atoms with Crippen molar-refractivity contribution in [1.82, 2.24) is 0 Å². The molecule has 0 radical (unpaired) electrons. The fraction of sp³-hybridized carbons (Fsp3) is 0.538. The molecule has 2 nitrogen and oxygen atoms in total. The molecular weight excluding hydrogens is 224 g/mol. The van der Waals surface area contributed by atoms with Crippen LogP contribution >= 0.6 is 11.6 Å². The highest BCUT2D eigenvalue weighted by molar-refractivity contribution is 6.17. The van der Waals surface area contributed by atoms with Gasteiger partial charge in [-0.15, -0.1) is 11.6 Å². The minimum Gasteiger partial charge on any atom is -0.496 e. The molecule has 0 atom stereocenters. The SMILES string of the molecule is COc1ccc(C2(CCCl)COC2)cc1C. The first-order valence-corrected chi connectivity index (χ1v) is 6.04. The lowest BCUT2D eigenvalue weighted by molar-refractivity contribution is -0.0616. The van der Waals surface area contributed by atoms with Crippen LogP contribution in [0.15, 0.2) is 18.2 Å². The van der Waals surface area contributed by atoms with Crippen molar-refractivity contribution in [2.75, 3.05) is 26.2 Å². The molecule has 1 heterocycles. The summed E-state index contributed by atoms with van der Waals surface area (Å²) < 4.78 is 10.6. The highest BCUT2D eigenvalue weighted by atomic mass is 35.5. The standard InChI is InChI=1S/C13H17ClO2/c1-10-7-11(3-4-12(10)15-2)13(5-6-14)8-16-9-13/h3-4,7H,5-6,8-9H2,1-2H3. The molecule has 1 aliphatic rings. The summed E-state index contributed by atoms with van der Waals surface area (Å²) in [5, 5.41) is 0. The molecule has 1 aromatic carbocycles. The Labute approximate surface area is 102 Å². The topological polar surface area (TPSA) is 18.5 Å². The summed E-state index contributed by atoms with van der Waals surface area (Å²) in [6.45, 7) is 3.63. The Hall–Kier alpha value is -0.730. The first-order chi connectivity index (χ1) is 7.72. The van der Waals surface area contributed by atoms with Gasteiger partial charge in [-0.3, -0.25) is 0 Å². The van der Waals surface area contributed by atoms with Crippen LogP contribution in [0.4, 0.5) is 0 Å². The van der Waals surface area contributed by atoms with Crippen LogP contribution in [0.3, 0.4) is 0 Å². The van der Waals surface area contributed by atoms with Gasteiger partial charge in [0.1, 0.15) is 5.75 Å². The van der Waals surface area contributed by atoms with Crippen LogP contribution in [0.2, 0.25) is 0 Å². The zero-order chi connectivity index (χ0) is 11.6. The second-order valence-corrected chi connectivity index (χ2v) is 4.77. The Kier molecular flexibility index (Phi) is 3.41. The fourth-order valence-electron chi connectivity index (χ4n) is 2.19. The summed E-state index contributed by atoms with van der Waals surface area (Å²) in [7, 11) is 1.70. The van der Waals surface area contributed by atoms with Gasteiger partial charge in [-0.25, -0.2) is 0 Å². The average molecular weight is 241 g/mol. The lowest BCUT2D eigenvalue weighted by Gasteiger charge is -2.42. The van der Waals surface area contributed by atoms with E-state index in [1.54, 1.807) is 7.11 Å². The smallest absolute Gasteiger partial charge is 0.121 e. The molecule has 0 spiro atoms. The second-order valence-electron chi connectivity index (χ2n) is 4.40. The van der Waals surface area contributed by atoms with E-state index < -0.39 is 0 Å². The van der Waals surface area contributed by atoms with Crippen molar-refractivity contribution in [3.05, 3.63) is 29.3 Å². The highest BCUT2D eigenvalue weighted by Crippen LogP contribution is 2.37. The van der Waals surface area contributed by atoms with E-state index in [9.17, 15) is 0 Å². The van der Waals surface area contributed by atoms with E-state index in [2.05, 4.69) is 19.1 Å². The Balaban J connectivity index is 2.29. The van der Waals surface area contributed by atoms with Gasteiger partial charge in [-0.1, -0.05) is 12.1 Å². The lowest BCUT2D eigenvalue weighted by Crippen LogP contribution is -2.47.